The standard InChI is InChI=1S/C19H14N4O3/c20-12-14-5-4-6-15(11-14)21-17(24)13-23-19(25)10-9-18(22-23)26-16-7-2-1-3-8-16/h1-11H,13H2,(H,21,24). The molecule has 0 saturated heterocycles. The summed E-state index contributed by atoms with van der Waals surface area (Å²) in [4.78, 5) is 24.1. The van der Waals surface area contributed by atoms with E-state index in [-0.39, 0.29) is 12.4 Å². The fraction of sp³-hybridized carbons (Fsp3) is 0.0526. The van der Waals surface area contributed by atoms with Crippen LogP contribution < -0.4 is 15.6 Å². The zero-order valence-corrected chi connectivity index (χ0v) is 13.6. The van der Waals surface area contributed by atoms with Gasteiger partial charge in [-0.1, -0.05) is 24.3 Å². The Balaban J connectivity index is 1.72. The Bertz CT molecular complexity index is 1020. The lowest BCUT2D eigenvalue weighted by atomic mass is 10.2. The molecule has 1 N–H and O–H groups in total. The van der Waals surface area contributed by atoms with Gasteiger partial charge in [0.25, 0.3) is 5.56 Å². The molecular weight excluding hydrogens is 332 g/mol. The van der Waals surface area contributed by atoms with Crippen molar-refractivity contribution in [3.8, 4) is 17.7 Å². The van der Waals surface area contributed by atoms with Crippen LogP contribution in [0.4, 0.5) is 5.69 Å². The number of para-hydroxylation sites is 1. The van der Waals surface area contributed by atoms with Gasteiger partial charge in [0.2, 0.25) is 11.8 Å². The Morgan fingerprint density at radius 2 is 1.92 bits per heavy atom. The maximum Gasteiger partial charge on any atom is 0.267 e. The zero-order valence-electron chi connectivity index (χ0n) is 13.6. The Morgan fingerprint density at radius 3 is 2.69 bits per heavy atom. The van der Waals surface area contributed by atoms with Gasteiger partial charge < -0.3 is 10.1 Å². The predicted molar refractivity (Wildman–Crippen MR) is 94.8 cm³/mol. The highest BCUT2D eigenvalue weighted by Crippen LogP contribution is 2.17. The van der Waals surface area contributed by atoms with Crippen LogP contribution in [0.3, 0.4) is 0 Å². The van der Waals surface area contributed by atoms with Crippen LogP contribution >= 0.6 is 0 Å². The van der Waals surface area contributed by atoms with Gasteiger partial charge in [-0.2, -0.15) is 5.26 Å². The number of nitriles is 1. The largest absolute Gasteiger partial charge is 0.438 e. The first-order valence-electron chi connectivity index (χ1n) is 7.75. The molecule has 1 amide bonds. The Morgan fingerprint density at radius 1 is 1.12 bits per heavy atom. The molecule has 0 unspecified atom stereocenters. The first kappa shape index (κ1) is 16.9. The molecule has 0 aliphatic heterocycles. The van der Waals surface area contributed by atoms with Crippen LogP contribution in [-0.4, -0.2) is 15.7 Å². The number of amides is 1. The van der Waals surface area contributed by atoms with Gasteiger partial charge in [-0.15, -0.1) is 5.10 Å². The molecule has 0 atom stereocenters. The molecule has 3 aromatic rings. The van der Waals surface area contributed by atoms with E-state index in [9.17, 15) is 9.59 Å². The molecule has 7 nitrogen and oxygen atoms in total. The average Bonchev–Trinajstić information content (AvgIpc) is 2.65. The number of hydrogen-bond donors (Lipinski definition) is 1. The van der Waals surface area contributed by atoms with Crippen molar-refractivity contribution in [2.24, 2.45) is 0 Å². The molecule has 0 aliphatic carbocycles. The monoisotopic (exact) mass is 346 g/mol. The molecule has 26 heavy (non-hydrogen) atoms. The summed E-state index contributed by atoms with van der Waals surface area (Å²) in [6.07, 6.45) is 0. The van der Waals surface area contributed by atoms with Crippen LogP contribution in [0, 0.1) is 11.3 Å². The van der Waals surface area contributed by atoms with Gasteiger partial charge in [-0.3, -0.25) is 9.59 Å². The molecule has 0 bridgehead atoms. The van der Waals surface area contributed by atoms with Crippen LogP contribution in [0.5, 0.6) is 11.6 Å². The van der Waals surface area contributed by atoms with Gasteiger partial charge >= 0.3 is 0 Å². The number of ether oxygens (including phenoxy) is 1. The molecule has 3 rings (SSSR count). The SMILES string of the molecule is N#Cc1cccc(NC(=O)Cn2nc(Oc3ccccc3)ccc2=O)c1. The summed E-state index contributed by atoms with van der Waals surface area (Å²) in [5.41, 5.74) is 0.474. The molecule has 7 heteroatoms. The molecule has 0 saturated carbocycles. The fourth-order valence-electron chi connectivity index (χ4n) is 2.21. The minimum atomic E-state index is -0.438. The van der Waals surface area contributed by atoms with E-state index in [1.807, 2.05) is 24.3 Å². The summed E-state index contributed by atoms with van der Waals surface area (Å²) in [5, 5.41) is 15.6. The van der Waals surface area contributed by atoms with E-state index in [2.05, 4.69) is 10.4 Å². The predicted octanol–water partition coefficient (Wildman–Crippen LogP) is 2.55. The van der Waals surface area contributed by atoms with Crippen LogP contribution in [-0.2, 0) is 11.3 Å². The third kappa shape index (κ3) is 4.33. The van der Waals surface area contributed by atoms with E-state index in [0.717, 1.165) is 4.68 Å². The average molecular weight is 346 g/mol. The molecular formula is C19H14N4O3. The van der Waals surface area contributed by atoms with Gasteiger partial charge in [0.1, 0.15) is 12.3 Å². The molecule has 0 aliphatic rings. The van der Waals surface area contributed by atoms with Crippen molar-refractivity contribution >= 4 is 11.6 Å². The third-order valence-corrected chi connectivity index (χ3v) is 3.38. The Labute approximate surface area is 149 Å². The summed E-state index contributed by atoms with van der Waals surface area (Å²) >= 11 is 0. The van der Waals surface area contributed by atoms with Crippen molar-refractivity contribution in [3.05, 3.63) is 82.6 Å². The van der Waals surface area contributed by atoms with Crippen molar-refractivity contribution < 1.29 is 9.53 Å². The summed E-state index contributed by atoms with van der Waals surface area (Å²) in [6, 6.07) is 20.2. The van der Waals surface area contributed by atoms with Gasteiger partial charge in [0.15, 0.2) is 0 Å². The van der Waals surface area contributed by atoms with Crippen molar-refractivity contribution in [1.82, 2.24) is 9.78 Å². The maximum atomic E-state index is 12.2. The van der Waals surface area contributed by atoms with Crippen LogP contribution in [0.25, 0.3) is 0 Å². The lowest BCUT2D eigenvalue weighted by molar-refractivity contribution is -0.117. The van der Waals surface area contributed by atoms with Crippen molar-refractivity contribution in [3.63, 3.8) is 0 Å². The van der Waals surface area contributed by atoms with E-state index in [4.69, 9.17) is 10.00 Å². The van der Waals surface area contributed by atoms with Crippen LogP contribution in [0.15, 0.2) is 71.5 Å². The molecule has 0 radical (unpaired) electrons. The molecule has 0 fully saturated rings. The minimum absolute atomic E-state index is 0.204. The first-order chi connectivity index (χ1) is 12.6. The smallest absolute Gasteiger partial charge is 0.267 e. The molecule has 1 heterocycles. The highest BCUT2D eigenvalue weighted by molar-refractivity contribution is 5.90. The molecule has 1 aromatic heterocycles. The number of anilines is 1. The lowest BCUT2D eigenvalue weighted by Crippen LogP contribution is -2.29. The van der Waals surface area contributed by atoms with Crippen molar-refractivity contribution in [1.29, 1.82) is 5.26 Å². The summed E-state index contributed by atoms with van der Waals surface area (Å²) in [7, 11) is 0. The van der Waals surface area contributed by atoms with Gasteiger partial charge in [-0.05, 0) is 30.3 Å². The van der Waals surface area contributed by atoms with E-state index < -0.39 is 11.5 Å². The second-order valence-electron chi connectivity index (χ2n) is 5.32. The van der Waals surface area contributed by atoms with Gasteiger partial charge in [0, 0.05) is 17.8 Å². The van der Waals surface area contributed by atoms with Crippen LogP contribution in [0.2, 0.25) is 0 Å². The second kappa shape index (κ2) is 7.77. The number of hydrogen-bond acceptors (Lipinski definition) is 5. The highest BCUT2D eigenvalue weighted by atomic mass is 16.5. The molecule has 2 aromatic carbocycles. The van der Waals surface area contributed by atoms with Crippen molar-refractivity contribution in [2.45, 2.75) is 6.54 Å². The highest BCUT2D eigenvalue weighted by Gasteiger charge is 2.09. The number of benzene rings is 2. The normalized spacial score (nSPS) is 9.96. The maximum absolute atomic E-state index is 12.2. The number of carbonyl (C=O) groups is 1. The Hall–Kier alpha value is -3.92. The zero-order chi connectivity index (χ0) is 18.4. The number of aromatic nitrogens is 2. The van der Waals surface area contributed by atoms with Crippen LogP contribution in [0.1, 0.15) is 5.56 Å². The molecule has 0 spiro atoms. The number of rotatable bonds is 5. The quantitative estimate of drug-likeness (QED) is 0.766. The first-order valence-corrected chi connectivity index (χ1v) is 7.75. The van der Waals surface area contributed by atoms with E-state index >= 15 is 0 Å². The lowest BCUT2D eigenvalue weighted by Gasteiger charge is -2.09. The van der Waals surface area contributed by atoms with E-state index in [0.29, 0.717) is 17.0 Å². The summed E-state index contributed by atoms with van der Waals surface area (Å²) in [6.45, 7) is -0.276. The van der Waals surface area contributed by atoms with E-state index in [1.165, 1.54) is 12.1 Å². The van der Waals surface area contributed by atoms with Gasteiger partial charge in [-0.25, -0.2) is 4.68 Å². The number of nitrogens with zero attached hydrogens (tertiary/aromatic N) is 3. The summed E-state index contributed by atoms with van der Waals surface area (Å²) in [5.74, 6) is 0.338. The topological polar surface area (TPSA) is 97.0 Å². The van der Waals surface area contributed by atoms with Gasteiger partial charge in [0.05, 0.1) is 11.6 Å². The second-order valence-corrected chi connectivity index (χ2v) is 5.32. The van der Waals surface area contributed by atoms with Crippen molar-refractivity contribution in [2.75, 3.05) is 5.32 Å². The summed E-state index contributed by atoms with van der Waals surface area (Å²) < 4.78 is 6.58. The third-order valence-electron chi connectivity index (χ3n) is 3.38. The van der Waals surface area contributed by atoms with E-state index in [1.54, 1.807) is 36.4 Å². The minimum Gasteiger partial charge on any atom is -0.438 e. The number of nitrogens with one attached hydrogen (secondary N) is 1. The number of carbonyl (C=O) groups excluding carboxylic acids is 1. The Kier molecular flexibility index (Phi) is 5.05. The molecule has 128 valence electrons. The fourth-order valence-corrected chi connectivity index (χ4v) is 2.21.